The van der Waals surface area contributed by atoms with Crippen LogP contribution < -0.4 is 11.5 Å². The lowest BCUT2D eigenvalue weighted by Crippen LogP contribution is -2.33. The van der Waals surface area contributed by atoms with E-state index in [1.165, 1.54) is 19.2 Å². The third kappa shape index (κ3) is 2.91. The van der Waals surface area contributed by atoms with Gasteiger partial charge in [0.25, 0.3) is 5.69 Å². The topological polar surface area (TPSA) is 121 Å². The SMILES string of the molecule is COC(=O)[C@@H](N)Cc1cccc(N)c1[N+](=O)[O-]. The van der Waals surface area contributed by atoms with E-state index in [0.29, 0.717) is 5.56 Å². The van der Waals surface area contributed by atoms with E-state index >= 15 is 0 Å². The number of nitro groups is 1. The Kier molecular flexibility index (Phi) is 4.00. The molecule has 7 nitrogen and oxygen atoms in total. The van der Waals surface area contributed by atoms with E-state index in [0.717, 1.165) is 0 Å². The molecule has 0 aliphatic carbocycles. The highest BCUT2D eigenvalue weighted by Gasteiger charge is 2.22. The number of anilines is 1. The second-order valence-corrected chi connectivity index (χ2v) is 3.45. The van der Waals surface area contributed by atoms with E-state index in [-0.39, 0.29) is 17.8 Å². The summed E-state index contributed by atoms with van der Waals surface area (Å²) in [6.07, 6.45) is 0.00796. The van der Waals surface area contributed by atoms with Crippen molar-refractivity contribution in [2.45, 2.75) is 12.5 Å². The molecule has 0 unspecified atom stereocenters. The Bertz CT molecular complexity index is 447. The van der Waals surface area contributed by atoms with Gasteiger partial charge in [-0.05, 0) is 6.07 Å². The Hall–Kier alpha value is -2.15. The molecule has 4 N–H and O–H groups in total. The maximum atomic E-state index is 11.1. The van der Waals surface area contributed by atoms with Crippen molar-refractivity contribution in [1.82, 2.24) is 0 Å². The molecule has 1 atom stereocenters. The third-order valence-corrected chi connectivity index (χ3v) is 2.28. The first-order valence-electron chi connectivity index (χ1n) is 4.82. The molecule has 7 heteroatoms. The van der Waals surface area contributed by atoms with E-state index in [4.69, 9.17) is 11.5 Å². The number of nitrogens with zero attached hydrogens (tertiary/aromatic N) is 1. The van der Waals surface area contributed by atoms with Crippen LogP contribution in [0.2, 0.25) is 0 Å². The summed E-state index contributed by atoms with van der Waals surface area (Å²) in [5, 5.41) is 10.8. The predicted molar refractivity (Wildman–Crippen MR) is 61.2 cm³/mol. The van der Waals surface area contributed by atoms with Gasteiger partial charge in [-0.1, -0.05) is 12.1 Å². The van der Waals surface area contributed by atoms with Crippen molar-refractivity contribution in [1.29, 1.82) is 0 Å². The van der Waals surface area contributed by atoms with Crippen molar-refractivity contribution in [3.05, 3.63) is 33.9 Å². The lowest BCUT2D eigenvalue weighted by Gasteiger charge is -2.10. The zero-order valence-electron chi connectivity index (χ0n) is 9.25. The van der Waals surface area contributed by atoms with Crippen LogP contribution in [-0.2, 0) is 16.0 Å². The number of benzene rings is 1. The number of ether oxygens (including phenoxy) is 1. The number of hydrogen-bond donors (Lipinski definition) is 2. The Labute approximate surface area is 97.5 Å². The molecule has 0 amide bonds. The van der Waals surface area contributed by atoms with E-state index in [1.807, 2.05) is 0 Å². The van der Waals surface area contributed by atoms with E-state index in [9.17, 15) is 14.9 Å². The van der Waals surface area contributed by atoms with Crippen LogP contribution in [0.4, 0.5) is 11.4 Å². The molecule has 92 valence electrons. The lowest BCUT2D eigenvalue weighted by atomic mass is 10.0. The molecular formula is C10H13N3O4. The number of methoxy groups -OCH3 is 1. The summed E-state index contributed by atoms with van der Waals surface area (Å²) in [5.41, 5.74) is 11.2. The van der Waals surface area contributed by atoms with Gasteiger partial charge in [0, 0.05) is 12.0 Å². The largest absolute Gasteiger partial charge is 0.468 e. The first-order chi connectivity index (χ1) is 7.97. The van der Waals surface area contributed by atoms with Gasteiger partial charge in [0.15, 0.2) is 0 Å². The van der Waals surface area contributed by atoms with E-state index < -0.39 is 16.9 Å². The van der Waals surface area contributed by atoms with Crippen molar-refractivity contribution in [2.75, 3.05) is 12.8 Å². The smallest absolute Gasteiger partial charge is 0.322 e. The van der Waals surface area contributed by atoms with E-state index in [1.54, 1.807) is 6.07 Å². The molecule has 0 heterocycles. The molecule has 1 aromatic rings. The number of para-hydroxylation sites is 1. The van der Waals surface area contributed by atoms with Gasteiger partial charge in [0.05, 0.1) is 12.0 Å². The number of carbonyl (C=O) groups is 1. The van der Waals surface area contributed by atoms with Gasteiger partial charge in [-0.25, -0.2) is 0 Å². The summed E-state index contributed by atoms with van der Waals surface area (Å²) >= 11 is 0. The number of nitro benzene ring substituents is 1. The first kappa shape index (κ1) is 12.9. The minimum Gasteiger partial charge on any atom is -0.468 e. The Morgan fingerprint density at radius 3 is 2.76 bits per heavy atom. The summed E-state index contributed by atoms with van der Waals surface area (Å²) in [6, 6.07) is 3.56. The molecule has 1 aromatic carbocycles. The fourth-order valence-electron chi connectivity index (χ4n) is 1.47. The Morgan fingerprint density at radius 1 is 1.59 bits per heavy atom. The van der Waals surface area contributed by atoms with Crippen LogP contribution in [0.15, 0.2) is 18.2 Å². The van der Waals surface area contributed by atoms with Crippen LogP contribution >= 0.6 is 0 Å². The molecule has 17 heavy (non-hydrogen) atoms. The molecule has 0 aliphatic rings. The van der Waals surface area contributed by atoms with Crippen LogP contribution in [0.1, 0.15) is 5.56 Å². The number of nitrogen functional groups attached to an aromatic ring is 1. The van der Waals surface area contributed by atoms with Crippen LogP contribution in [0.5, 0.6) is 0 Å². The molecule has 0 spiro atoms. The van der Waals surface area contributed by atoms with E-state index in [2.05, 4.69) is 4.74 Å². The molecule has 0 bridgehead atoms. The summed E-state index contributed by atoms with van der Waals surface area (Å²) < 4.78 is 4.45. The molecule has 0 aliphatic heterocycles. The Morgan fingerprint density at radius 2 is 2.24 bits per heavy atom. The molecule has 0 saturated carbocycles. The summed E-state index contributed by atoms with van der Waals surface area (Å²) in [5.74, 6) is -0.623. The van der Waals surface area contributed by atoms with Crippen LogP contribution in [0.25, 0.3) is 0 Å². The average Bonchev–Trinajstić information content (AvgIpc) is 2.27. The van der Waals surface area contributed by atoms with Crippen LogP contribution in [0.3, 0.4) is 0 Å². The van der Waals surface area contributed by atoms with Gasteiger partial charge in [-0.2, -0.15) is 0 Å². The zero-order chi connectivity index (χ0) is 13.0. The molecule has 1 rings (SSSR count). The average molecular weight is 239 g/mol. The highest BCUT2D eigenvalue weighted by Crippen LogP contribution is 2.26. The fraction of sp³-hybridized carbons (Fsp3) is 0.300. The third-order valence-electron chi connectivity index (χ3n) is 2.28. The fourth-order valence-corrected chi connectivity index (χ4v) is 1.47. The van der Waals surface area contributed by atoms with Crippen molar-refractivity contribution >= 4 is 17.3 Å². The lowest BCUT2D eigenvalue weighted by molar-refractivity contribution is -0.384. The maximum absolute atomic E-state index is 11.1. The highest BCUT2D eigenvalue weighted by atomic mass is 16.6. The van der Waals surface area contributed by atoms with Crippen LogP contribution in [-0.4, -0.2) is 24.0 Å². The molecule has 0 fully saturated rings. The summed E-state index contributed by atoms with van der Waals surface area (Å²) in [4.78, 5) is 21.4. The van der Waals surface area contributed by atoms with Gasteiger partial charge in [0.1, 0.15) is 11.7 Å². The number of rotatable bonds is 4. The van der Waals surface area contributed by atoms with Gasteiger partial charge in [0.2, 0.25) is 0 Å². The van der Waals surface area contributed by atoms with Crippen molar-refractivity contribution in [3.63, 3.8) is 0 Å². The second-order valence-electron chi connectivity index (χ2n) is 3.45. The van der Waals surface area contributed by atoms with Gasteiger partial charge < -0.3 is 16.2 Å². The van der Waals surface area contributed by atoms with Gasteiger partial charge >= 0.3 is 5.97 Å². The highest BCUT2D eigenvalue weighted by molar-refractivity contribution is 5.76. The summed E-state index contributed by atoms with van der Waals surface area (Å²) in [7, 11) is 1.20. The Balaban J connectivity index is 3.02. The molecular weight excluding hydrogens is 226 g/mol. The zero-order valence-corrected chi connectivity index (χ0v) is 9.25. The molecule has 0 radical (unpaired) electrons. The summed E-state index contributed by atoms with van der Waals surface area (Å²) in [6.45, 7) is 0. The van der Waals surface area contributed by atoms with Gasteiger partial charge in [-0.3, -0.25) is 14.9 Å². The second kappa shape index (κ2) is 5.26. The number of carbonyl (C=O) groups excluding carboxylic acids is 1. The first-order valence-corrected chi connectivity index (χ1v) is 4.82. The number of hydrogen-bond acceptors (Lipinski definition) is 6. The van der Waals surface area contributed by atoms with Crippen LogP contribution in [0, 0.1) is 10.1 Å². The molecule has 0 saturated heterocycles. The standard InChI is InChI=1S/C10H13N3O4/c1-17-10(14)8(12)5-6-3-2-4-7(11)9(6)13(15)16/h2-4,8H,5,11-12H2,1H3/t8-/m0/s1. The van der Waals surface area contributed by atoms with Crippen molar-refractivity contribution < 1.29 is 14.5 Å². The van der Waals surface area contributed by atoms with Gasteiger partial charge in [-0.15, -0.1) is 0 Å². The van der Waals surface area contributed by atoms with Crippen molar-refractivity contribution in [2.24, 2.45) is 5.73 Å². The minimum atomic E-state index is -0.944. The monoisotopic (exact) mass is 239 g/mol. The predicted octanol–water partition coefficient (Wildman–Crippen LogP) is 0.220. The molecule has 0 aromatic heterocycles. The minimum absolute atomic E-state index is 0.00796. The number of esters is 1. The normalized spacial score (nSPS) is 11.9. The van der Waals surface area contributed by atoms with Crippen molar-refractivity contribution in [3.8, 4) is 0 Å². The number of nitrogens with two attached hydrogens (primary N) is 2. The quantitative estimate of drug-likeness (QED) is 0.335. The maximum Gasteiger partial charge on any atom is 0.322 e.